The molecule has 1 aromatic carbocycles. The zero-order valence-corrected chi connectivity index (χ0v) is 9.93. The summed E-state index contributed by atoms with van der Waals surface area (Å²) in [5.74, 6) is -0.845. The summed E-state index contributed by atoms with van der Waals surface area (Å²) in [4.78, 5) is 22.0. The van der Waals surface area contributed by atoms with Crippen LogP contribution in [0.4, 0.5) is 5.69 Å². The number of primary amides is 1. The van der Waals surface area contributed by atoms with Crippen LogP contribution in [0.15, 0.2) is 18.2 Å². The number of anilines is 1. The summed E-state index contributed by atoms with van der Waals surface area (Å²) < 4.78 is 0. The van der Waals surface area contributed by atoms with Crippen LogP contribution < -0.4 is 11.1 Å². The molecule has 0 bridgehead atoms. The average Bonchev–Trinajstić information content (AvgIpc) is 2.20. The fourth-order valence-electron chi connectivity index (χ4n) is 0.986. The number of hydrogen-bond acceptors (Lipinski definition) is 2. The molecule has 80 valence electrons. The maximum atomic E-state index is 11.0. The summed E-state index contributed by atoms with van der Waals surface area (Å²) >= 11 is 8.74. The Bertz CT molecular complexity index is 409. The third kappa shape index (κ3) is 3.21. The number of nitrogens with two attached hydrogens (primary N) is 1. The van der Waals surface area contributed by atoms with Gasteiger partial charge in [-0.05, 0) is 18.2 Å². The van der Waals surface area contributed by atoms with Gasteiger partial charge in [-0.25, -0.2) is 0 Å². The molecule has 0 fully saturated rings. The molecular weight excluding hydrogens is 283 g/mol. The molecule has 0 saturated carbocycles. The van der Waals surface area contributed by atoms with Crippen molar-refractivity contribution in [1.29, 1.82) is 0 Å². The van der Waals surface area contributed by atoms with Gasteiger partial charge in [0.1, 0.15) is 0 Å². The molecule has 2 amide bonds. The highest BCUT2D eigenvalue weighted by molar-refractivity contribution is 9.09. The molecule has 6 heteroatoms. The van der Waals surface area contributed by atoms with Gasteiger partial charge in [0.25, 0.3) is 0 Å². The Morgan fingerprint density at radius 3 is 2.67 bits per heavy atom. The Morgan fingerprint density at radius 1 is 1.47 bits per heavy atom. The van der Waals surface area contributed by atoms with Crippen molar-refractivity contribution in [2.45, 2.75) is 0 Å². The lowest BCUT2D eigenvalue weighted by Crippen LogP contribution is -2.15. The molecule has 0 heterocycles. The molecule has 1 rings (SSSR count). The molecule has 0 aliphatic heterocycles. The second-order valence-electron chi connectivity index (χ2n) is 2.74. The van der Waals surface area contributed by atoms with Crippen molar-refractivity contribution in [2.24, 2.45) is 5.73 Å². The third-order valence-corrected chi connectivity index (χ3v) is 2.48. The van der Waals surface area contributed by atoms with Crippen LogP contribution in [0.1, 0.15) is 10.4 Å². The zero-order chi connectivity index (χ0) is 11.4. The number of alkyl halides is 1. The Kier molecular flexibility index (Phi) is 4.11. The number of benzene rings is 1. The van der Waals surface area contributed by atoms with Crippen LogP contribution in [0, 0.1) is 0 Å². The van der Waals surface area contributed by atoms with Gasteiger partial charge in [-0.1, -0.05) is 27.5 Å². The summed E-state index contributed by atoms with van der Waals surface area (Å²) in [6, 6.07) is 4.53. The van der Waals surface area contributed by atoms with E-state index < -0.39 is 5.91 Å². The van der Waals surface area contributed by atoms with Crippen LogP contribution >= 0.6 is 27.5 Å². The van der Waals surface area contributed by atoms with E-state index in [0.29, 0.717) is 5.69 Å². The number of hydrogen-bond donors (Lipinski definition) is 2. The first-order chi connectivity index (χ1) is 7.04. The van der Waals surface area contributed by atoms with Gasteiger partial charge in [-0.3, -0.25) is 9.59 Å². The van der Waals surface area contributed by atoms with E-state index in [-0.39, 0.29) is 21.8 Å². The number of carbonyl (C=O) groups is 2. The fraction of sp³-hybridized carbons (Fsp3) is 0.111. The average molecular weight is 292 g/mol. The summed E-state index contributed by atoms with van der Waals surface area (Å²) in [6.07, 6.45) is 0. The lowest BCUT2D eigenvalue weighted by molar-refractivity contribution is -0.113. The standard InChI is InChI=1S/C9H8BrClN2O2/c10-4-8(14)13-5-1-2-7(11)6(3-5)9(12)15/h1-3H,4H2,(H2,12,15)(H,13,14). The minimum Gasteiger partial charge on any atom is -0.366 e. The monoisotopic (exact) mass is 290 g/mol. The lowest BCUT2D eigenvalue weighted by Gasteiger charge is -2.05. The molecule has 1 aromatic rings. The highest BCUT2D eigenvalue weighted by Gasteiger charge is 2.08. The molecule has 3 N–H and O–H groups in total. The molecule has 0 radical (unpaired) electrons. The van der Waals surface area contributed by atoms with Gasteiger partial charge in [0.2, 0.25) is 11.8 Å². The molecule has 0 aliphatic rings. The summed E-state index contributed by atoms with van der Waals surface area (Å²) in [5.41, 5.74) is 5.77. The van der Waals surface area contributed by atoms with E-state index in [1.807, 2.05) is 0 Å². The van der Waals surface area contributed by atoms with E-state index in [2.05, 4.69) is 21.2 Å². The first kappa shape index (κ1) is 12.0. The Balaban J connectivity index is 2.97. The van der Waals surface area contributed by atoms with Crippen molar-refractivity contribution in [3.05, 3.63) is 28.8 Å². The summed E-state index contributed by atoms with van der Waals surface area (Å²) in [7, 11) is 0. The summed E-state index contributed by atoms with van der Waals surface area (Å²) in [6.45, 7) is 0. The molecule has 0 aromatic heterocycles. The number of amides is 2. The first-order valence-electron chi connectivity index (χ1n) is 3.99. The molecular formula is C9H8BrClN2O2. The molecule has 0 unspecified atom stereocenters. The van der Waals surface area contributed by atoms with Gasteiger partial charge >= 0.3 is 0 Å². The van der Waals surface area contributed by atoms with Crippen LogP contribution in [-0.4, -0.2) is 17.1 Å². The van der Waals surface area contributed by atoms with Crippen LogP contribution in [0.2, 0.25) is 5.02 Å². The predicted octanol–water partition coefficient (Wildman–Crippen LogP) is 1.77. The fourth-order valence-corrected chi connectivity index (χ4v) is 1.34. The van der Waals surface area contributed by atoms with Crippen LogP contribution in [0.3, 0.4) is 0 Å². The van der Waals surface area contributed by atoms with Gasteiger partial charge in [0.05, 0.1) is 15.9 Å². The maximum Gasteiger partial charge on any atom is 0.250 e. The Labute approximate surface area is 99.9 Å². The molecule has 0 atom stereocenters. The molecule has 0 saturated heterocycles. The van der Waals surface area contributed by atoms with Gasteiger partial charge < -0.3 is 11.1 Å². The van der Waals surface area contributed by atoms with E-state index in [1.54, 1.807) is 6.07 Å². The third-order valence-electron chi connectivity index (χ3n) is 1.64. The zero-order valence-electron chi connectivity index (χ0n) is 7.59. The number of carbonyl (C=O) groups excluding carboxylic acids is 2. The smallest absolute Gasteiger partial charge is 0.250 e. The SMILES string of the molecule is NC(=O)c1cc(NC(=O)CBr)ccc1Cl. The van der Waals surface area contributed by atoms with E-state index in [0.717, 1.165) is 0 Å². The highest BCUT2D eigenvalue weighted by atomic mass is 79.9. The normalized spacial score (nSPS) is 9.73. The van der Waals surface area contributed by atoms with E-state index in [4.69, 9.17) is 17.3 Å². The summed E-state index contributed by atoms with van der Waals surface area (Å²) in [5, 5.41) is 3.01. The van der Waals surface area contributed by atoms with Crippen molar-refractivity contribution in [1.82, 2.24) is 0 Å². The van der Waals surface area contributed by atoms with Crippen molar-refractivity contribution < 1.29 is 9.59 Å². The van der Waals surface area contributed by atoms with Gasteiger partial charge in [0, 0.05) is 5.69 Å². The van der Waals surface area contributed by atoms with Crippen LogP contribution in [0.5, 0.6) is 0 Å². The number of halogens is 2. The molecule has 0 spiro atoms. The van der Waals surface area contributed by atoms with E-state index in [1.165, 1.54) is 12.1 Å². The second-order valence-corrected chi connectivity index (χ2v) is 3.71. The topological polar surface area (TPSA) is 72.2 Å². The lowest BCUT2D eigenvalue weighted by atomic mass is 10.2. The van der Waals surface area contributed by atoms with Crippen molar-refractivity contribution in [3.63, 3.8) is 0 Å². The minimum absolute atomic E-state index is 0.182. The minimum atomic E-state index is -0.630. The second kappa shape index (κ2) is 5.14. The van der Waals surface area contributed by atoms with Crippen LogP contribution in [-0.2, 0) is 4.79 Å². The largest absolute Gasteiger partial charge is 0.366 e. The van der Waals surface area contributed by atoms with Crippen molar-refractivity contribution in [3.8, 4) is 0 Å². The first-order valence-corrected chi connectivity index (χ1v) is 5.49. The number of nitrogens with one attached hydrogen (secondary N) is 1. The Hall–Kier alpha value is -1.07. The molecule has 15 heavy (non-hydrogen) atoms. The quantitative estimate of drug-likeness (QED) is 0.833. The Morgan fingerprint density at radius 2 is 2.13 bits per heavy atom. The highest BCUT2D eigenvalue weighted by Crippen LogP contribution is 2.20. The van der Waals surface area contributed by atoms with Crippen molar-refractivity contribution in [2.75, 3.05) is 10.6 Å². The maximum absolute atomic E-state index is 11.0. The van der Waals surface area contributed by atoms with E-state index >= 15 is 0 Å². The number of rotatable bonds is 3. The van der Waals surface area contributed by atoms with E-state index in [9.17, 15) is 9.59 Å². The van der Waals surface area contributed by atoms with Gasteiger partial charge in [-0.15, -0.1) is 0 Å². The van der Waals surface area contributed by atoms with Gasteiger partial charge in [-0.2, -0.15) is 0 Å². The van der Waals surface area contributed by atoms with Crippen molar-refractivity contribution >= 4 is 45.0 Å². The molecule has 0 aliphatic carbocycles. The predicted molar refractivity (Wildman–Crippen MR) is 62.4 cm³/mol. The molecule has 4 nitrogen and oxygen atoms in total. The van der Waals surface area contributed by atoms with Gasteiger partial charge in [0.15, 0.2) is 0 Å². The van der Waals surface area contributed by atoms with Crippen LogP contribution in [0.25, 0.3) is 0 Å².